The first-order valence-electron chi connectivity index (χ1n) is 5.70. The second-order valence-corrected chi connectivity index (χ2v) is 5.39. The summed E-state index contributed by atoms with van der Waals surface area (Å²) in [5.41, 5.74) is 1.13. The van der Waals surface area contributed by atoms with Crippen LogP contribution in [0.1, 0.15) is 19.0 Å². The highest BCUT2D eigenvalue weighted by atomic mass is 79.9. The maximum absolute atomic E-state index is 5.47. The van der Waals surface area contributed by atoms with Gasteiger partial charge >= 0.3 is 0 Å². The smallest absolute Gasteiger partial charge is 0.170 e. The molecule has 0 atom stereocenters. The van der Waals surface area contributed by atoms with Crippen molar-refractivity contribution in [2.24, 2.45) is 0 Å². The molecule has 3 nitrogen and oxygen atoms in total. The minimum atomic E-state index is 0.744. The molecule has 2 aromatic rings. The first kappa shape index (κ1) is 12.8. The molecule has 0 aromatic carbocycles. The highest BCUT2D eigenvalue weighted by molar-refractivity contribution is 9.10. The molecule has 2 heterocycles. The number of hydrogen-bond donors (Lipinski definition) is 1. The molecule has 0 aliphatic carbocycles. The number of thiazole rings is 1. The maximum atomic E-state index is 5.47. The molecule has 0 saturated heterocycles. The average molecular weight is 315 g/mol. The van der Waals surface area contributed by atoms with Gasteiger partial charge in [0.05, 0.1) is 5.69 Å². The Bertz CT molecular complexity index is 467. The number of nitrogens with one attached hydrogen (secondary N) is 1. The van der Waals surface area contributed by atoms with Crippen molar-refractivity contribution in [1.82, 2.24) is 10.3 Å². The van der Waals surface area contributed by atoms with E-state index < -0.39 is 0 Å². The van der Waals surface area contributed by atoms with Crippen LogP contribution in [0.15, 0.2) is 26.6 Å². The summed E-state index contributed by atoms with van der Waals surface area (Å²) in [5, 5.41) is 6.41. The van der Waals surface area contributed by atoms with Crippen molar-refractivity contribution in [3.05, 3.63) is 27.9 Å². The van der Waals surface area contributed by atoms with Crippen LogP contribution in [-0.2, 0) is 6.42 Å². The molecule has 0 unspecified atom stereocenters. The molecule has 0 aliphatic heterocycles. The molecule has 2 rings (SSSR count). The number of aromatic nitrogens is 1. The summed E-state index contributed by atoms with van der Waals surface area (Å²) in [5.74, 6) is 0.828. The summed E-state index contributed by atoms with van der Waals surface area (Å²) in [6, 6.07) is 3.82. The molecule has 0 saturated carbocycles. The summed E-state index contributed by atoms with van der Waals surface area (Å²) >= 11 is 4.92. The van der Waals surface area contributed by atoms with Gasteiger partial charge in [-0.15, -0.1) is 11.3 Å². The lowest BCUT2D eigenvalue weighted by Gasteiger charge is -1.99. The zero-order valence-corrected chi connectivity index (χ0v) is 12.1. The van der Waals surface area contributed by atoms with E-state index in [1.54, 1.807) is 11.3 Å². The van der Waals surface area contributed by atoms with E-state index in [0.717, 1.165) is 40.6 Å². The normalized spacial score (nSPS) is 10.9. The molecule has 0 aliphatic rings. The van der Waals surface area contributed by atoms with Crippen LogP contribution in [-0.4, -0.2) is 18.1 Å². The Morgan fingerprint density at radius 1 is 1.41 bits per heavy atom. The molecule has 0 amide bonds. The van der Waals surface area contributed by atoms with Crippen LogP contribution >= 0.6 is 27.3 Å². The molecule has 5 heteroatoms. The molecule has 0 bridgehead atoms. The SMILES string of the molecule is CCCNCCc1csc(-c2ccc(Br)o2)n1. The Morgan fingerprint density at radius 2 is 2.29 bits per heavy atom. The lowest BCUT2D eigenvalue weighted by atomic mass is 10.3. The summed E-state index contributed by atoms with van der Waals surface area (Å²) < 4.78 is 6.22. The highest BCUT2D eigenvalue weighted by Gasteiger charge is 2.08. The second-order valence-electron chi connectivity index (χ2n) is 3.75. The van der Waals surface area contributed by atoms with Gasteiger partial charge in [-0.25, -0.2) is 4.98 Å². The largest absolute Gasteiger partial charge is 0.447 e. The second kappa shape index (κ2) is 6.33. The predicted octanol–water partition coefficient (Wildman–Crippen LogP) is 3.71. The van der Waals surface area contributed by atoms with E-state index in [2.05, 4.69) is 38.5 Å². The van der Waals surface area contributed by atoms with Gasteiger partial charge < -0.3 is 9.73 Å². The Hall–Kier alpha value is -0.650. The predicted molar refractivity (Wildman–Crippen MR) is 74.4 cm³/mol. The molecule has 0 radical (unpaired) electrons. The fourth-order valence-corrected chi connectivity index (χ4v) is 2.60. The van der Waals surface area contributed by atoms with Crippen LogP contribution in [0.5, 0.6) is 0 Å². The first-order chi connectivity index (χ1) is 8.29. The van der Waals surface area contributed by atoms with Gasteiger partial charge in [-0.2, -0.15) is 0 Å². The molecule has 1 N–H and O–H groups in total. The summed E-state index contributed by atoms with van der Waals surface area (Å²) in [6.45, 7) is 4.23. The molecule has 92 valence electrons. The zero-order valence-electron chi connectivity index (χ0n) is 9.70. The van der Waals surface area contributed by atoms with E-state index in [-0.39, 0.29) is 0 Å². The first-order valence-corrected chi connectivity index (χ1v) is 7.37. The fourth-order valence-electron chi connectivity index (χ4n) is 1.48. The lowest BCUT2D eigenvalue weighted by molar-refractivity contribution is 0.555. The molecule has 2 aromatic heterocycles. The van der Waals surface area contributed by atoms with Crippen LogP contribution in [0.2, 0.25) is 0 Å². The minimum absolute atomic E-state index is 0.744. The summed E-state index contributed by atoms with van der Waals surface area (Å²) in [7, 11) is 0. The van der Waals surface area contributed by atoms with Crippen molar-refractivity contribution in [2.45, 2.75) is 19.8 Å². The van der Waals surface area contributed by atoms with Crippen LogP contribution in [0, 0.1) is 0 Å². The third-order valence-electron chi connectivity index (χ3n) is 2.32. The van der Waals surface area contributed by atoms with Crippen LogP contribution < -0.4 is 5.32 Å². The van der Waals surface area contributed by atoms with Gasteiger partial charge in [0.2, 0.25) is 0 Å². The van der Waals surface area contributed by atoms with Crippen LogP contribution in [0.4, 0.5) is 0 Å². The Balaban J connectivity index is 1.92. The van der Waals surface area contributed by atoms with Crippen LogP contribution in [0.3, 0.4) is 0 Å². The molecule has 0 spiro atoms. The van der Waals surface area contributed by atoms with Crippen molar-refractivity contribution < 1.29 is 4.42 Å². The van der Waals surface area contributed by atoms with E-state index >= 15 is 0 Å². The van der Waals surface area contributed by atoms with Crippen molar-refractivity contribution in [3.63, 3.8) is 0 Å². The molecule has 17 heavy (non-hydrogen) atoms. The lowest BCUT2D eigenvalue weighted by Crippen LogP contribution is -2.17. The third kappa shape index (κ3) is 3.66. The van der Waals surface area contributed by atoms with Crippen molar-refractivity contribution in [1.29, 1.82) is 0 Å². The van der Waals surface area contributed by atoms with Crippen LogP contribution in [0.25, 0.3) is 10.8 Å². The average Bonchev–Trinajstić information content (AvgIpc) is 2.93. The van der Waals surface area contributed by atoms with Gasteiger partial charge in [-0.05, 0) is 41.0 Å². The minimum Gasteiger partial charge on any atom is -0.447 e. The maximum Gasteiger partial charge on any atom is 0.170 e. The number of halogens is 1. The van der Waals surface area contributed by atoms with E-state index in [1.807, 2.05) is 12.1 Å². The van der Waals surface area contributed by atoms with Gasteiger partial charge in [0.25, 0.3) is 0 Å². The monoisotopic (exact) mass is 314 g/mol. The topological polar surface area (TPSA) is 38.1 Å². The van der Waals surface area contributed by atoms with E-state index in [9.17, 15) is 0 Å². The Morgan fingerprint density at radius 3 is 3.00 bits per heavy atom. The van der Waals surface area contributed by atoms with E-state index in [1.165, 1.54) is 6.42 Å². The van der Waals surface area contributed by atoms with Crippen molar-refractivity contribution in [3.8, 4) is 10.8 Å². The van der Waals surface area contributed by atoms with Gasteiger partial charge in [0.1, 0.15) is 0 Å². The number of nitrogens with zero attached hydrogens (tertiary/aromatic N) is 1. The third-order valence-corrected chi connectivity index (χ3v) is 3.65. The number of rotatable bonds is 6. The Labute approximate surface area is 113 Å². The molecular formula is C12H15BrN2OS. The standard InChI is InChI=1S/C12H15BrN2OS/c1-2-6-14-7-5-9-8-17-12(15-9)10-3-4-11(13)16-10/h3-4,8,14H,2,5-7H2,1H3. The fraction of sp³-hybridized carbons (Fsp3) is 0.417. The summed E-state index contributed by atoms with van der Waals surface area (Å²) in [4.78, 5) is 4.56. The number of furan rings is 1. The molecular weight excluding hydrogens is 300 g/mol. The van der Waals surface area contributed by atoms with Crippen molar-refractivity contribution in [2.75, 3.05) is 13.1 Å². The van der Waals surface area contributed by atoms with Gasteiger partial charge in [-0.3, -0.25) is 0 Å². The summed E-state index contributed by atoms with van der Waals surface area (Å²) in [6.07, 6.45) is 2.14. The van der Waals surface area contributed by atoms with E-state index in [4.69, 9.17) is 4.42 Å². The van der Waals surface area contributed by atoms with Gasteiger partial charge in [0.15, 0.2) is 15.4 Å². The van der Waals surface area contributed by atoms with Crippen molar-refractivity contribution >= 4 is 27.3 Å². The molecule has 0 fully saturated rings. The van der Waals surface area contributed by atoms with Gasteiger partial charge in [0, 0.05) is 18.3 Å². The Kier molecular flexibility index (Phi) is 4.76. The van der Waals surface area contributed by atoms with E-state index in [0.29, 0.717) is 0 Å². The zero-order chi connectivity index (χ0) is 12.1. The number of hydrogen-bond acceptors (Lipinski definition) is 4. The quantitative estimate of drug-likeness (QED) is 0.826. The van der Waals surface area contributed by atoms with Gasteiger partial charge in [-0.1, -0.05) is 6.92 Å². The highest BCUT2D eigenvalue weighted by Crippen LogP contribution is 2.27.